The number of hydrogen-bond acceptors (Lipinski definition) is 2. The van der Waals surface area contributed by atoms with Gasteiger partial charge in [-0.05, 0) is 30.7 Å². The third kappa shape index (κ3) is 2.45. The fourth-order valence-electron chi connectivity index (χ4n) is 2.82. The van der Waals surface area contributed by atoms with Crippen molar-refractivity contribution in [1.82, 2.24) is 0 Å². The molecule has 2 heteroatoms. The van der Waals surface area contributed by atoms with E-state index in [1.165, 1.54) is 5.56 Å². The van der Waals surface area contributed by atoms with E-state index in [9.17, 15) is 5.11 Å². The van der Waals surface area contributed by atoms with Crippen molar-refractivity contribution in [3.05, 3.63) is 35.9 Å². The Labute approximate surface area is 96.9 Å². The van der Waals surface area contributed by atoms with Crippen molar-refractivity contribution < 1.29 is 10.2 Å². The molecule has 1 aliphatic rings. The minimum atomic E-state index is -0.289. The summed E-state index contributed by atoms with van der Waals surface area (Å²) in [5.74, 6) is 0.524. The molecule has 0 saturated heterocycles. The molecule has 16 heavy (non-hydrogen) atoms. The molecule has 0 spiro atoms. The Morgan fingerprint density at radius 1 is 1.12 bits per heavy atom. The maximum absolute atomic E-state index is 10.3. The minimum absolute atomic E-state index is 0.184. The quantitative estimate of drug-likeness (QED) is 0.820. The molecule has 0 heterocycles. The molecule has 0 aromatic heterocycles. The first-order valence-electron chi connectivity index (χ1n) is 6.17. The summed E-state index contributed by atoms with van der Waals surface area (Å²) in [6.45, 7) is 0.184. The van der Waals surface area contributed by atoms with Gasteiger partial charge in [-0.3, -0.25) is 0 Å². The second-order valence-corrected chi connectivity index (χ2v) is 4.71. The largest absolute Gasteiger partial charge is 0.396 e. The summed E-state index contributed by atoms with van der Waals surface area (Å²) in [5.41, 5.74) is 1.23. The van der Waals surface area contributed by atoms with Crippen molar-refractivity contribution in [3.63, 3.8) is 0 Å². The average molecular weight is 220 g/mol. The second-order valence-electron chi connectivity index (χ2n) is 4.71. The smallest absolute Gasteiger partial charge is 0.0637 e. The second kappa shape index (κ2) is 5.46. The fourth-order valence-corrected chi connectivity index (χ4v) is 2.82. The van der Waals surface area contributed by atoms with Crippen molar-refractivity contribution in [1.29, 1.82) is 0 Å². The standard InChI is InChI=1S/C14H20O2/c15-10-9-12-7-4-8-13(14(12)16)11-5-2-1-3-6-11/h1-3,5-6,12-16H,4,7-10H2/t12-,13+,14+/m1/s1. The van der Waals surface area contributed by atoms with E-state index < -0.39 is 0 Å². The fraction of sp³-hybridized carbons (Fsp3) is 0.571. The van der Waals surface area contributed by atoms with Crippen LogP contribution in [0.4, 0.5) is 0 Å². The maximum Gasteiger partial charge on any atom is 0.0637 e. The Hall–Kier alpha value is -0.860. The van der Waals surface area contributed by atoms with Gasteiger partial charge in [0.1, 0.15) is 0 Å². The Morgan fingerprint density at radius 2 is 1.88 bits per heavy atom. The average Bonchev–Trinajstić information content (AvgIpc) is 2.33. The Kier molecular flexibility index (Phi) is 3.97. The number of aliphatic hydroxyl groups is 2. The monoisotopic (exact) mass is 220 g/mol. The zero-order valence-electron chi connectivity index (χ0n) is 9.55. The first-order chi connectivity index (χ1) is 7.83. The van der Waals surface area contributed by atoms with Crippen LogP contribution in [-0.2, 0) is 0 Å². The molecule has 0 aliphatic heterocycles. The number of aliphatic hydroxyl groups excluding tert-OH is 2. The van der Waals surface area contributed by atoms with Gasteiger partial charge in [0.05, 0.1) is 6.10 Å². The van der Waals surface area contributed by atoms with E-state index in [0.717, 1.165) is 25.7 Å². The topological polar surface area (TPSA) is 40.5 Å². The molecular weight excluding hydrogens is 200 g/mol. The zero-order valence-corrected chi connectivity index (χ0v) is 9.55. The van der Waals surface area contributed by atoms with Crippen LogP contribution in [0.3, 0.4) is 0 Å². The summed E-state index contributed by atoms with van der Waals surface area (Å²) >= 11 is 0. The molecule has 88 valence electrons. The third-order valence-corrected chi connectivity index (χ3v) is 3.71. The summed E-state index contributed by atoms with van der Waals surface area (Å²) in [6, 6.07) is 10.2. The highest BCUT2D eigenvalue weighted by atomic mass is 16.3. The van der Waals surface area contributed by atoms with Gasteiger partial charge in [0.25, 0.3) is 0 Å². The molecule has 0 amide bonds. The van der Waals surface area contributed by atoms with Crippen LogP contribution >= 0.6 is 0 Å². The van der Waals surface area contributed by atoms with E-state index >= 15 is 0 Å². The van der Waals surface area contributed by atoms with Crippen LogP contribution in [-0.4, -0.2) is 22.9 Å². The first-order valence-corrected chi connectivity index (χ1v) is 6.17. The van der Waals surface area contributed by atoms with E-state index in [-0.39, 0.29) is 24.5 Å². The molecule has 1 aliphatic carbocycles. The SMILES string of the molecule is OCC[C@H]1CCC[C@@H](c2ccccc2)[C@H]1O. The van der Waals surface area contributed by atoms with Gasteiger partial charge in [-0.15, -0.1) is 0 Å². The molecule has 2 N–H and O–H groups in total. The van der Waals surface area contributed by atoms with E-state index in [1.807, 2.05) is 18.2 Å². The Morgan fingerprint density at radius 3 is 2.56 bits per heavy atom. The molecule has 0 bridgehead atoms. The van der Waals surface area contributed by atoms with Crippen molar-refractivity contribution >= 4 is 0 Å². The predicted molar refractivity (Wildman–Crippen MR) is 64.2 cm³/mol. The van der Waals surface area contributed by atoms with Gasteiger partial charge < -0.3 is 10.2 Å². The van der Waals surface area contributed by atoms with Crippen LogP contribution in [0.1, 0.15) is 37.2 Å². The molecule has 0 radical (unpaired) electrons. The Bertz CT molecular complexity index is 308. The zero-order chi connectivity index (χ0) is 11.4. The molecule has 1 aromatic carbocycles. The van der Waals surface area contributed by atoms with Crippen LogP contribution in [0.15, 0.2) is 30.3 Å². The van der Waals surface area contributed by atoms with Crippen molar-refractivity contribution in [2.45, 2.75) is 37.7 Å². The molecule has 1 saturated carbocycles. The lowest BCUT2D eigenvalue weighted by molar-refractivity contribution is 0.0361. The number of hydrogen-bond donors (Lipinski definition) is 2. The molecule has 2 rings (SSSR count). The first kappa shape index (κ1) is 11.6. The highest BCUT2D eigenvalue weighted by Crippen LogP contribution is 2.37. The van der Waals surface area contributed by atoms with Crippen molar-refractivity contribution in [2.75, 3.05) is 6.61 Å². The summed E-state index contributed by atoms with van der Waals surface area (Å²) in [6.07, 6.45) is 3.70. The van der Waals surface area contributed by atoms with E-state index in [1.54, 1.807) is 0 Å². The van der Waals surface area contributed by atoms with E-state index in [0.29, 0.717) is 0 Å². The molecule has 1 fully saturated rings. The van der Waals surface area contributed by atoms with Gasteiger partial charge in [-0.25, -0.2) is 0 Å². The summed E-state index contributed by atoms with van der Waals surface area (Å²) in [7, 11) is 0. The number of benzene rings is 1. The van der Waals surface area contributed by atoms with Crippen LogP contribution in [0.2, 0.25) is 0 Å². The summed E-state index contributed by atoms with van der Waals surface area (Å²) in [5, 5.41) is 19.3. The Balaban J connectivity index is 2.10. The van der Waals surface area contributed by atoms with Crippen molar-refractivity contribution in [3.8, 4) is 0 Å². The highest BCUT2D eigenvalue weighted by Gasteiger charge is 2.31. The minimum Gasteiger partial charge on any atom is -0.396 e. The van der Waals surface area contributed by atoms with Gasteiger partial charge in [0, 0.05) is 12.5 Å². The van der Waals surface area contributed by atoms with Crippen LogP contribution < -0.4 is 0 Å². The van der Waals surface area contributed by atoms with Crippen LogP contribution in [0.25, 0.3) is 0 Å². The lowest BCUT2D eigenvalue weighted by atomic mass is 9.74. The summed E-state index contributed by atoms with van der Waals surface area (Å²) < 4.78 is 0. The number of rotatable bonds is 3. The predicted octanol–water partition coefficient (Wildman–Crippen LogP) is 2.31. The molecule has 1 aromatic rings. The maximum atomic E-state index is 10.3. The lowest BCUT2D eigenvalue weighted by Crippen LogP contribution is -2.32. The van der Waals surface area contributed by atoms with Gasteiger partial charge >= 0.3 is 0 Å². The van der Waals surface area contributed by atoms with Crippen molar-refractivity contribution in [2.24, 2.45) is 5.92 Å². The normalized spacial score (nSPS) is 30.2. The highest BCUT2D eigenvalue weighted by molar-refractivity contribution is 5.21. The van der Waals surface area contributed by atoms with Gasteiger partial charge in [0.15, 0.2) is 0 Å². The molecule has 0 unspecified atom stereocenters. The lowest BCUT2D eigenvalue weighted by Gasteiger charge is -2.35. The summed E-state index contributed by atoms with van der Waals surface area (Å²) in [4.78, 5) is 0. The van der Waals surface area contributed by atoms with Crippen LogP contribution in [0.5, 0.6) is 0 Å². The van der Waals surface area contributed by atoms with E-state index in [4.69, 9.17) is 5.11 Å². The molecular formula is C14H20O2. The van der Waals surface area contributed by atoms with E-state index in [2.05, 4.69) is 12.1 Å². The van der Waals surface area contributed by atoms with Gasteiger partial charge in [0.2, 0.25) is 0 Å². The van der Waals surface area contributed by atoms with Gasteiger partial charge in [-0.1, -0.05) is 36.8 Å². The third-order valence-electron chi connectivity index (χ3n) is 3.71. The van der Waals surface area contributed by atoms with Crippen LogP contribution in [0, 0.1) is 5.92 Å². The molecule has 3 atom stereocenters. The molecule has 2 nitrogen and oxygen atoms in total. The van der Waals surface area contributed by atoms with Gasteiger partial charge in [-0.2, -0.15) is 0 Å².